The Hall–Kier alpha value is -2.39. The van der Waals surface area contributed by atoms with Crippen LogP contribution in [-0.2, 0) is 6.42 Å². The van der Waals surface area contributed by atoms with Crippen molar-refractivity contribution in [2.75, 3.05) is 51.3 Å². The van der Waals surface area contributed by atoms with Crippen molar-refractivity contribution < 1.29 is 9.53 Å². The molecule has 0 radical (unpaired) electrons. The summed E-state index contributed by atoms with van der Waals surface area (Å²) in [4.78, 5) is 21.2. The first kappa shape index (κ1) is 22.3. The number of carbonyl (C=O) groups excluding carboxylic acids is 1. The van der Waals surface area contributed by atoms with Gasteiger partial charge in [-0.15, -0.1) is 0 Å². The molecule has 0 spiro atoms. The molecule has 0 bridgehead atoms. The van der Waals surface area contributed by atoms with Gasteiger partial charge in [-0.05, 0) is 38.5 Å². The lowest BCUT2D eigenvalue weighted by atomic mass is 10.1. The molecule has 2 aromatic rings. The number of hydrogen-bond acceptors (Lipinski definition) is 7. The maximum Gasteiger partial charge on any atom is 0.315 e. The molecule has 1 aromatic heterocycles. The Morgan fingerprint density at radius 3 is 2.70 bits per heavy atom. The maximum atomic E-state index is 11.8. The second kappa shape index (κ2) is 10.1. The number of methoxy groups -OCH3 is 1. The van der Waals surface area contributed by atoms with E-state index >= 15 is 0 Å². The third-order valence-electron chi connectivity index (χ3n) is 4.80. The summed E-state index contributed by atoms with van der Waals surface area (Å²) in [5.41, 5.74) is 0.926. The molecule has 1 saturated heterocycles. The van der Waals surface area contributed by atoms with E-state index in [1.165, 1.54) is 11.5 Å². The summed E-state index contributed by atoms with van der Waals surface area (Å²) in [7, 11) is 1.68. The van der Waals surface area contributed by atoms with E-state index in [2.05, 4.69) is 30.9 Å². The summed E-state index contributed by atoms with van der Waals surface area (Å²) in [6.07, 6.45) is 0.704. The molecule has 3 rings (SSSR count). The Morgan fingerprint density at radius 1 is 1.23 bits per heavy atom. The van der Waals surface area contributed by atoms with Crippen LogP contribution < -0.4 is 20.3 Å². The summed E-state index contributed by atoms with van der Waals surface area (Å²) in [5, 5.41) is 6.82. The molecule has 1 aromatic carbocycles. The van der Waals surface area contributed by atoms with E-state index in [9.17, 15) is 4.79 Å². The topological polar surface area (TPSA) is 82.6 Å². The Kier molecular flexibility index (Phi) is 7.49. The lowest BCUT2D eigenvalue weighted by molar-refractivity contribution is 0.225. The number of rotatable bonds is 7. The maximum absolute atomic E-state index is 11.8. The fourth-order valence-electron chi connectivity index (χ4n) is 3.29. The minimum Gasteiger partial charge on any atom is -0.497 e. The van der Waals surface area contributed by atoms with Gasteiger partial charge in [-0.2, -0.15) is 4.37 Å². The molecule has 164 valence electrons. The van der Waals surface area contributed by atoms with E-state index in [4.69, 9.17) is 9.72 Å². The zero-order valence-corrected chi connectivity index (χ0v) is 19.1. The van der Waals surface area contributed by atoms with Gasteiger partial charge in [0.1, 0.15) is 11.6 Å². The SMILES string of the molecule is COc1cccc(Cc2nsc(N3CCN(CCNC(=O)NC(C)(C)C)CC3)n2)c1. The molecule has 30 heavy (non-hydrogen) atoms. The van der Waals surface area contributed by atoms with Crippen LogP contribution in [0.25, 0.3) is 0 Å². The summed E-state index contributed by atoms with van der Waals surface area (Å²) < 4.78 is 9.83. The quantitative estimate of drug-likeness (QED) is 0.699. The second-order valence-corrected chi connectivity index (χ2v) is 9.21. The summed E-state index contributed by atoms with van der Waals surface area (Å²) in [5.74, 6) is 1.70. The van der Waals surface area contributed by atoms with Crippen LogP contribution in [0.15, 0.2) is 24.3 Å². The number of hydrogen-bond donors (Lipinski definition) is 2. The van der Waals surface area contributed by atoms with Gasteiger partial charge in [0.2, 0.25) is 5.13 Å². The van der Waals surface area contributed by atoms with Crippen molar-refractivity contribution in [3.63, 3.8) is 0 Å². The van der Waals surface area contributed by atoms with Crippen LogP contribution in [0.1, 0.15) is 32.2 Å². The van der Waals surface area contributed by atoms with E-state index < -0.39 is 0 Å². The van der Waals surface area contributed by atoms with Crippen LogP contribution in [-0.4, -0.2) is 72.2 Å². The van der Waals surface area contributed by atoms with E-state index in [-0.39, 0.29) is 11.6 Å². The molecule has 2 amide bonds. The van der Waals surface area contributed by atoms with Gasteiger partial charge in [-0.3, -0.25) is 4.90 Å². The molecule has 2 N–H and O–H groups in total. The molecular formula is C21H32N6O2S. The van der Waals surface area contributed by atoms with Gasteiger partial charge in [0, 0.05) is 62.8 Å². The van der Waals surface area contributed by atoms with Crippen LogP contribution in [0.5, 0.6) is 5.75 Å². The highest BCUT2D eigenvalue weighted by molar-refractivity contribution is 7.09. The molecule has 9 heteroatoms. The predicted molar refractivity (Wildman–Crippen MR) is 121 cm³/mol. The zero-order chi connectivity index (χ0) is 21.6. The van der Waals surface area contributed by atoms with Crippen molar-refractivity contribution in [3.05, 3.63) is 35.7 Å². The van der Waals surface area contributed by atoms with Gasteiger partial charge in [0.05, 0.1) is 7.11 Å². The Balaban J connectivity index is 1.41. The number of benzene rings is 1. The molecule has 1 aliphatic heterocycles. The fourth-order valence-corrected chi connectivity index (χ4v) is 4.02. The van der Waals surface area contributed by atoms with Crippen LogP contribution in [0.2, 0.25) is 0 Å². The monoisotopic (exact) mass is 432 g/mol. The molecule has 1 aliphatic rings. The third kappa shape index (κ3) is 6.84. The Bertz CT molecular complexity index is 827. The fraction of sp³-hybridized carbons (Fsp3) is 0.571. The molecule has 0 aliphatic carbocycles. The minimum absolute atomic E-state index is 0.112. The normalized spacial score (nSPS) is 15.1. The van der Waals surface area contributed by atoms with Gasteiger partial charge in [-0.25, -0.2) is 9.78 Å². The highest BCUT2D eigenvalue weighted by Gasteiger charge is 2.20. The highest BCUT2D eigenvalue weighted by Crippen LogP contribution is 2.21. The first-order valence-corrected chi connectivity index (χ1v) is 11.1. The van der Waals surface area contributed by atoms with Crippen molar-refractivity contribution in [2.45, 2.75) is 32.7 Å². The number of nitrogens with one attached hydrogen (secondary N) is 2. The average Bonchev–Trinajstić information content (AvgIpc) is 3.15. The third-order valence-corrected chi connectivity index (χ3v) is 5.61. The number of amides is 2. The van der Waals surface area contributed by atoms with Crippen molar-refractivity contribution in [1.29, 1.82) is 0 Å². The van der Waals surface area contributed by atoms with Crippen LogP contribution >= 0.6 is 11.5 Å². The lowest BCUT2D eigenvalue weighted by Crippen LogP contribution is -2.51. The van der Waals surface area contributed by atoms with Gasteiger partial charge >= 0.3 is 6.03 Å². The Labute approximate surface area is 182 Å². The largest absolute Gasteiger partial charge is 0.497 e. The van der Waals surface area contributed by atoms with Crippen LogP contribution in [0, 0.1) is 0 Å². The number of urea groups is 1. The van der Waals surface area contributed by atoms with Gasteiger partial charge in [0.25, 0.3) is 0 Å². The Morgan fingerprint density at radius 2 is 2.00 bits per heavy atom. The van der Waals surface area contributed by atoms with E-state index in [0.29, 0.717) is 13.0 Å². The standard InChI is InChI=1S/C21H32N6O2S/c1-21(2,3)24-19(28)22-8-9-26-10-12-27(13-11-26)20-23-18(25-30-20)15-16-6-5-7-17(14-16)29-4/h5-7,14H,8-13,15H2,1-4H3,(H2,22,24,28). The van der Waals surface area contributed by atoms with E-state index in [0.717, 1.165) is 55.0 Å². The number of piperazine rings is 1. The van der Waals surface area contributed by atoms with E-state index in [1.54, 1.807) is 7.11 Å². The van der Waals surface area contributed by atoms with Crippen molar-refractivity contribution in [1.82, 2.24) is 24.9 Å². The van der Waals surface area contributed by atoms with E-state index in [1.807, 2.05) is 39.0 Å². The molecule has 8 nitrogen and oxygen atoms in total. The molecule has 0 unspecified atom stereocenters. The second-order valence-electron chi connectivity index (χ2n) is 8.48. The molecule has 0 saturated carbocycles. The van der Waals surface area contributed by atoms with Gasteiger partial charge in [-0.1, -0.05) is 12.1 Å². The first-order valence-electron chi connectivity index (χ1n) is 10.3. The number of nitrogens with zero attached hydrogens (tertiary/aromatic N) is 4. The van der Waals surface area contributed by atoms with Crippen LogP contribution in [0.4, 0.5) is 9.93 Å². The average molecular weight is 433 g/mol. The van der Waals surface area contributed by atoms with Crippen molar-refractivity contribution >= 4 is 22.7 Å². The zero-order valence-electron chi connectivity index (χ0n) is 18.3. The van der Waals surface area contributed by atoms with Gasteiger partial charge in [0.15, 0.2) is 0 Å². The lowest BCUT2D eigenvalue weighted by Gasteiger charge is -2.34. The summed E-state index contributed by atoms with van der Waals surface area (Å²) in [6, 6.07) is 7.91. The van der Waals surface area contributed by atoms with Crippen molar-refractivity contribution in [2.24, 2.45) is 0 Å². The predicted octanol–water partition coefficient (Wildman–Crippen LogP) is 2.36. The number of aromatic nitrogens is 2. The highest BCUT2D eigenvalue weighted by atomic mass is 32.1. The number of ether oxygens (including phenoxy) is 1. The van der Waals surface area contributed by atoms with Crippen molar-refractivity contribution in [3.8, 4) is 5.75 Å². The van der Waals surface area contributed by atoms with Gasteiger partial charge < -0.3 is 20.3 Å². The molecule has 1 fully saturated rings. The minimum atomic E-state index is -0.219. The summed E-state index contributed by atoms with van der Waals surface area (Å²) in [6.45, 7) is 11.2. The van der Waals surface area contributed by atoms with Crippen LogP contribution in [0.3, 0.4) is 0 Å². The molecule has 0 atom stereocenters. The summed E-state index contributed by atoms with van der Waals surface area (Å²) >= 11 is 1.46. The number of anilines is 1. The first-order chi connectivity index (χ1) is 14.3. The molecule has 2 heterocycles. The number of carbonyl (C=O) groups is 1. The molecular weight excluding hydrogens is 400 g/mol. The smallest absolute Gasteiger partial charge is 0.315 e.